The van der Waals surface area contributed by atoms with Crippen LogP contribution in [0.4, 0.5) is 27.8 Å². The average Bonchev–Trinajstić information content (AvgIpc) is 3.34. The molecule has 2 aromatic heterocycles. The molecule has 54 heavy (non-hydrogen) atoms. The van der Waals surface area contributed by atoms with Crippen LogP contribution in [0.3, 0.4) is 0 Å². The third-order valence-corrected chi connectivity index (χ3v) is 14.3. The highest BCUT2D eigenvalue weighted by Crippen LogP contribution is 2.45. The number of benzene rings is 2. The molecule has 4 aromatic rings. The topological polar surface area (TPSA) is 162 Å². The van der Waals surface area contributed by atoms with Crippen molar-refractivity contribution in [2.45, 2.75) is 69.5 Å². The quantitative estimate of drug-likeness (QED) is 0.167. The Labute approximate surface area is 314 Å². The number of nitrogens with zero attached hydrogens (tertiary/aromatic N) is 4. The van der Waals surface area contributed by atoms with Crippen molar-refractivity contribution in [3.05, 3.63) is 75.1 Å². The van der Waals surface area contributed by atoms with Crippen LogP contribution in [0.15, 0.2) is 30.3 Å². The van der Waals surface area contributed by atoms with Crippen molar-refractivity contribution in [1.82, 2.24) is 14.8 Å². The monoisotopic (exact) mass is 835 g/mol. The third kappa shape index (κ3) is 8.52. The Morgan fingerprint density at radius 2 is 1.52 bits per heavy atom. The van der Waals surface area contributed by atoms with Crippen molar-refractivity contribution in [1.29, 1.82) is 0 Å². The number of aromatic nitrogens is 3. The van der Waals surface area contributed by atoms with Gasteiger partial charge in [0.2, 0.25) is 20.0 Å². The second kappa shape index (κ2) is 14.3. The van der Waals surface area contributed by atoms with Crippen LogP contribution < -0.4 is 9.44 Å². The lowest BCUT2D eigenvalue weighted by Gasteiger charge is -2.27. The van der Waals surface area contributed by atoms with E-state index in [9.17, 15) is 47.2 Å². The van der Waals surface area contributed by atoms with E-state index < -0.39 is 81.7 Å². The summed E-state index contributed by atoms with van der Waals surface area (Å²) in [5.41, 5.74) is 7.79. The fraction of sp³-hybridized carbons (Fsp3) is 0.412. The normalized spacial score (nSPS) is 14.7. The van der Waals surface area contributed by atoms with Gasteiger partial charge in [-0.3, -0.25) is 4.68 Å². The van der Waals surface area contributed by atoms with Crippen molar-refractivity contribution < 1.29 is 47.2 Å². The zero-order valence-corrected chi connectivity index (χ0v) is 32.7. The van der Waals surface area contributed by atoms with Gasteiger partial charge in [0.15, 0.2) is 15.7 Å². The summed E-state index contributed by atoms with van der Waals surface area (Å²) in [4.78, 5) is 4.77. The van der Waals surface area contributed by atoms with E-state index in [4.69, 9.17) is 22.3 Å². The second-order valence-electron chi connectivity index (χ2n) is 13.6. The minimum Gasteiger partial charge on any atom is -0.322 e. The number of sulfonamides is 2. The number of hydrogen-bond acceptors (Lipinski definition) is 9. The van der Waals surface area contributed by atoms with E-state index >= 15 is 0 Å². The van der Waals surface area contributed by atoms with Crippen LogP contribution in [0.5, 0.6) is 0 Å². The zero-order valence-electron chi connectivity index (χ0n) is 29.5. The molecule has 11 nitrogen and oxygen atoms in total. The van der Waals surface area contributed by atoms with Gasteiger partial charge in [0, 0.05) is 23.4 Å². The van der Waals surface area contributed by atoms with Crippen molar-refractivity contribution in [3.63, 3.8) is 0 Å². The predicted octanol–water partition coefficient (Wildman–Crippen LogP) is 5.61. The summed E-state index contributed by atoms with van der Waals surface area (Å²) >= 11 is 6.55. The third-order valence-electron chi connectivity index (χ3n) is 8.88. The molecule has 1 atom stereocenters. The number of alkyl halides is 3. The van der Waals surface area contributed by atoms with Crippen LogP contribution in [-0.2, 0) is 55.7 Å². The molecule has 0 radical (unpaired) electrons. The number of nitrogens with two attached hydrogens (primary N) is 1. The van der Waals surface area contributed by atoms with Gasteiger partial charge in [0.1, 0.15) is 28.6 Å². The number of rotatable bonds is 9. The molecule has 20 heteroatoms. The summed E-state index contributed by atoms with van der Waals surface area (Å²) in [6, 6.07) is 4.12. The Hall–Kier alpha value is -3.83. The molecule has 1 aliphatic carbocycles. The average molecular weight is 836 g/mol. The molecule has 2 aromatic carbocycles. The van der Waals surface area contributed by atoms with Crippen LogP contribution in [0.25, 0.3) is 22.0 Å². The zero-order chi connectivity index (χ0) is 40.3. The first kappa shape index (κ1) is 41.3. The van der Waals surface area contributed by atoms with E-state index in [2.05, 4.69) is 16.9 Å². The van der Waals surface area contributed by atoms with Crippen molar-refractivity contribution in [2.24, 2.45) is 5.73 Å². The van der Waals surface area contributed by atoms with E-state index in [0.717, 1.165) is 18.4 Å². The Bertz CT molecular complexity index is 2530. The maximum absolute atomic E-state index is 14.3. The lowest BCUT2D eigenvalue weighted by molar-refractivity contribution is -0.141. The minimum atomic E-state index is -4.96. The lowest BCUT2D eigenvalue weighted by atomic mass is 9.82. The number of fused-ring (bicyclic) bond motifs is 2. The van der Waals surface area contributed by atoms with Crippen LogP contribution in [0.1, 0.15) is 60.8 Å². The van der Waals surface area contributed by atoms with Gasteiger partial charge in [-0.1, -0.05) is 23.6 Å². The smallest absolute Gasteiger partial charge is 0.322 e. The van der Waals surface area contributed by atoms with Crippen molar-refractivity contribution in [3.8, 4) is 23.0 Å². The molecule has 0 unspecified atom stereocenters. The van der Waals surface area contributed by atoms with Crippen LogP contribution >= 0.6 is 11.6 Å². The van der Waals surface area contributed by atoms with Gasteiger partial charge in [-0.15, -0.1) is 3.71 Å². The maximum Gasteiger partial charge on any atom is 0.408 e. The lowest BCUT2D eigenvalue weighted by Crippen LogP contribution is -2.36. The SMILES string of the molecule is CC(C)(C#Cc1nc([C@@H](N)Cc2cc(F)cc(F)c2)c(-c2ccc(Cl)c3c(N(S(C)(=O)=O)S(C)(=O)=O)nn(CC(F)(F)F)c23)c2c1CCCC2)S(C)(=O)=O. The molecule has 0 amide bonds. The van der Waals surface area contributed by atoms with Gasteiger partial charge >= 0.3 is 6.18 Å². The largest absolute Gasteiger partial charge is 0.408 e. The summed E-state index contributed by atoms with van der Waals surface area (Å²) in [7, 11) is -13.1. The summed E-state index contributed by atoms with van der Waals surface area (Å²) in [6.07, 6.45) is -1.22. The standard InChI is InChI=1S/C34H35ClF5N5O6S3/c1-33(2,52(3,46)47)13-12-27-22-8-6-7-9-23(22)28(30(42-27)26(41)16-19-14-20(36)17-21(37)15-19)24-10-11-25(35)29-31(24)44(18-34(38,39)40)43-32(29)45(53(4,48)49)54(5,50)51/h10-11,14-15,17,26H,6-9,16,18,41H2,1-5H3/t26-/m0/s1. The van der Waals surface area contributed by atoms with Gasteiger partial charge < -0.3 is 5.73 Å². The highest BCUT2D eigenvalue weighted by molar-refractivity contribution is 8.09. The van der Waals surface area contributed by atoms with Crippen LogP contribution in [0, 0.1) is 23.5 Å². The molecule has 5 rings (SSSR count). The van der Waals surface area contributed by atoms with Gasteiger partial charge in [0.25, 0.3) is 0 Å². The molecule has 2 heterocycles. The summed E-state index contributed by atoms with van der Waals surface area (Å²) in [6.45, 7) is 1.00. The van der Waals surface area contributed by atoms with E-state index in [-0.39, 0.29) is 43.2 Å². The maximum atomic E-state index is 14.3. The molecule has 0 saturated heterocycles. The van der Waals surface area contributed by atoms with Crippen LogP contribution in [-0.4, -0.2) is 69.7 Å². The summed E-state index contributed by atoms with van der Waals surface area (Å²) in [5.74, 6) is 2.94. The molecule has 0 fully saturated rings. The minimum absolute atomic E-state index is 0.00482. The van der Waals surface area contributed by atoms with Crippen molar-refractivity contribution >= 4 is 58.2 Å². The molecular weight excluding hydrogens is 801 g/mol. The summed E-state index contributed by atoms with van der Waals surface area (Å²) in [5, 5.41) is 3.12. The molecular formula is C34H35ClF5N5O6S3. The van der Waals surface area contributed by atoms with Gasteiger partial charge in [0.05, 0.1) is 40.2 Å². The molecule has 0 saturated carbocycles. The Morgan fingerprint density at radius 3 is 2.06 bits per heavy atom. The fourth-order valence-electron chi connectivity index (χ4n) is 6.33. The summed E-state index contributed by atoms with van der Waals surface area (Å²) < 4.78 is 146. The second-order valence-corrected chi connectivity index (χ2v) is 20.5. The van der Waals surface area contributed by atoms with E-state index in [0.29, 0.717) is 60.1 Å². The first-order chi connectivity index (χ1) is 24.7. The number of anilines is 1. The molecule has 0 aliphatic heterocycles. The Morgan fingerprint density at radius 1 is 0.944 bits per heavy atom. The number of sulfone groups is 1. The van der Waals surface area contributed by atoms with Gasteiger partial charge in [-0.05, 0) is 86.8 Å². The highest BCUT2D eigenvalue weighted by atomic mass is 35.5. The Balaban J connectivity index is 1.95. The van der Waals surface area contributed by atoms with Crippen molar-refractivity contribution in [2.75, 3.05) is 22.5 Å². The van der Waals surface area contributed by atoms with Gasteiger partial charge in [-0.2, -0.15) is 18.3 Å². The Kier molecular flexibility index (Phi) is 11.0. The highest BCUT2D eigenvalue weighted by Gasteiger charge is 2.38. The molecule has 0 spiro atoms. The first-order valence-electron chi connectivity index (χ1n) is 16.1. The molecule has 0 bridgehead atoms. The predicted molar refractivity (Wildman–Crippen MR) is 196 cm³/mol. The molecule has 292 valence electrons. The number of pyridine rings is 1. The first-order valence-corrected chi connectivity index (χ1v) is 22.1. The number of hydrogen-bond donors (Lipinski definition) is 1. The van der Waals surface area contributed by atoms with Crippen LogP contribution in [0.2, 0.25) is 5.02 Å². The van der Waals surface area contributed by atoms with E-state index in [1.165, 1.54) is 26.0 Å². The molecule has 1 aliphatic rings. The van der Waals surface area contributed by atoms with E-state index in [1.807, 2.05) is 0 Å². The fourth-order valence-corrected chi connectivity index (χ4v) is 9.66. The van der Waals surface area contributed by atoms with Gasteiger partial charge in [-0.25, -0.2) is 39.0 Å². The number of halogens is 6. The molecule has 2 N–H and O–H groups in total. The van der Waals surface area contributed by atoms with E-state index in [1.54, 1.807) is 0 Å².